The van der Waals surface area contributed by atoms with Crippen LogP contribution in [0.25, 0.3) is 0 Å². The van der Waals surface area contributed by atoms with Crippen LogP contribution in [0.4, 0.5) is 0 Å². The molecular weight excluding hydrogens is 458 g/mol. The molecule has 0 aliphatic carbocycles. The molecule has 0 aromatic carbocycles. The Morgan fingerprint density at radius 1 is 1.00 bits per heavy atom. The summed E-state index contributed by atoms with van der Waals surface area (Å²) in [5, 5.41) is 0. The topological polar surface area (TPSA) is 0 Å². The van der Waals surface area contributed by atoms with E-state index in [4.69, 9.17) is 0 Å². The first-order valence-corrected chi connectivity index (χ1v) is 0. The predicted molar refractivity (Wildman–Crippen MR) is 18.5 cm³/mol. The molecule has 0 saturated carbocycles. The molecule has 0 spiro atoms. The van der Waals surface area contributed by atoms with Crippen LogP contribution in [0.5, 0.6) is 0 Å². The second kappa shape index (κ2) is 16.9. The summed E-state index contributed by atoms with van der Waals surface area (Å²) in [4.78, 5) is 0. The molecule has 0 aromatic heterocycles. The number of hydrogen-bond donors (Lipinski definition) is 0. The largest absolute Gasteiger partial charge is 0 e. The van der Waals surface area contributed by atoms with Crippen LogP contribution in [-0.2, 0) is 36.5 Å². The Balaban J connectivity index is 0. The standard InChI is InChI=1S/Cu.Pb.Sb.Zn.5H. The van der Waals surface area contributed by atoms with Crippen molar-refractivity contribution in [1.82, 2.24) is 0 Å². The predicted octanol–water partition coefficient (Wildman–Crippen LogP) is -2.11. The van der Waals surface area contributed by atoms with Gasteiger partial charge in [-0.3, -0.25) is 0 Å². The van der Waals surface area contributed by atoms with Crippen molar-refractivity contribution < 1.29 is 36.5 Å². The zero-order chi connectivity index (χ0) is 0. The first-order valence-electron chi connectivity index (χ1n) is 0. The average Bonchev–Trinajstić information content (AvgIpc) is 0. The van der Waals surface area contributed by atoms with Crippen molar-refractivity contribution in [3.8, 4) is 0 Å². The van der Waals surface area contributed by atoms with E-state index in [9.17, 15) is 0 Å². The van der Waals surface area contributed by atoms with Crippen LogP contribution >= 0.6 is 0 Å². The van der Waals surface area contributed by atoms with Crippen molar-refractivity contribution in [3.63, 3.8) is 0 Å². The van der Waals surface area contributed by atoms with Gasteiger partial charge in [-0.1, -0.05) is 0 Å². The summed E-state index contributed by atoms with van der Waals surface area (Å²) in [6, 6.07) is 0. The van der Waals surface area contributed by atoms with Gasteiger partial charge in [-0.15, -0.1) is 0 Å². The van der Waals surface area contributed by atoms with Crippen LogP contribution in [0.1, 0.15) is 0 Å². The minimum absolute atomic E-state index is 0. The van der Waals surface area contributed by atoms with Gasteiger partial charge in [0.25, 0.3) is 0 Å². The molecule has 0 saturated heterocycles. The van der Waals surface area contributed by atoms with E-state index < -0.39 is 0 Å². The van der Waals surface area contributed by atoms with E-state index in [2.05, 4.69) is 0 Å². The van der Waals surface area contributed by atoms with E-state index in [0.29, 0.717) is 0 Å². The molecule has 0 heterocycles. The quantitative estimate of drug-likeness (QED) is 0.362. The maximum absolute atomic E-state index is 0. The third-order valence-electron chi connectivity index (χ3n) is 0. The first-order chi connectivity index (χ1) is 0. The van der Waals surface area contributed by atoms with Gasteiger partial charge in [0.05, 0.1) is 0 Å². The fraction of sp³-hybridized carbons (Fsp3) is 0. The monoisotopic (exact) mass is 461 g/mol. The molecule has 0 aromatic rings. The second-order valence-corrected chi connectivity index (χ2v) is 0. The number of rotatable bonds is 0. The minimum atomic E-state index is 0. The molecule has 0 N–H and O–H groups in total. The van der Waals surface area contributed by atoms with Crippen LogP contribution < -0.4 is 0 Å². The van der Waals surface area contributed by atoms with Crippen LogP contribution in [0, 0.1) is 0 Å². The molecule has 0 rings (SSSR count). The van der Waals surface area contributed by atoms with Crippen molar-refractivity contribution in [3.05, 3.63) is 0 Å². The summed E-state index contributed by atoms with van der Waals surface area (Å²) in [5.41, 5.74) is 0. The van der Waals surface area contributed by atoms with Gasteiger partial charge in [-0.05, 0) is 0 Å². The summed E-state index contributed by atoms with van der Waals surface area (Å²) < 4.78 is 0. The second-order valence-electron chi connectivity index (χ2n) is 0. The Labute approximate surface area is 86.7 Å². The van der Waals surface area contributed by atoms with Crippen molar-refractivity contribution in [2.75, 3.05) is 0 Å². The van der Waals surface area contributed by atoms with Gasteiger partial charge in [0.1, 0.15) is 0 Å². The summed E-state index contributed by atoms with van der Waals surface area (Å²) in [6.07, 6.45) is 0. The zero-order valence-corrected chi connectivity index (χ0v) is 15.9. The molecule has 0 nitrogen and oxygen atoms in total. The van der Waals surface area contributed by atoms with Gasteiger partial charge in [-0.2, -0.15) is 0 Å². The number of hydrogen-bond acceptors (Lipinski definition) is 0. The molecule has 0 unspecified atom stereocenters. The van der Waals surface area contributed by atoms with Crippen LogP contribution in [-0.4, -0.2) is 51.7 Å². The molecule has 3 radical (unpaired) electrons. The van der Waals surface area contributed by atoms with Gasteiger partial charge < -0.3 is 0 Å². The van der Waals surface area contributed by atoms with Crippen LogP contribution in [0.15, 0.2) is 0 Å². The molecule has 4 heavy (non-hydrogen) atoms. The van der Waals surface area contributed by atoms with Gasteiger partial charge in [0.2, 0.25) is 0 Å². The Bertz CT molecular complexity index is 8.00. The van der Waals surface area contributed by atoms with E-state index in [-0.39, 0.29) is 88.3 Å². The summed E-state index contributed by atoms with van der Waals surface area (Å²) in [6.45, 7) is 0. The molecule has 27 valence electrons. The molecule has 0 amide bonds. The third-order valence-corrected chi connectivity index (χ3v) is 0. The molecule has 0 bridgehead atoms. The van der Waals surface area contributed by atoms with Crippen molar-refractivity contribution >= 4 is 51.7 Å². The van der Waals surface area contributed by atoms with Crippen LogP contribution in [0.2, 0.25) is 0 Å². The summed E-state index contributed by atoms with van der Waals surface area (Å²) >= 11 is 0. The van der Waals surface area contributed by atoms with E-state index in [0.717, 1.165) is 0 Å². The maximum atomic E-state index is 0. The van der Waals surface area contributed by atoms with E-state index in [1.807, 2.05) is 0 Å². The SMILES string of the molecule is [Cu].[PbH2].[SbH3].[Zn]. The van der Waals surface area contributed by atoms with E-state index >= 15 is 0 Å². The molecule has 0 atom stereocenters. The molecular formula is H5CuPbSbZn. The van der Waals surface area contributed by atoms with Gasteiger partial charge >= 0.3 is 51.7 Å². The normalized spacial score (nSPS) is 0. The fourth-order valence-corrected chi connectivity index (χ4v) is 0. The average molecular weight is 463 g/mol. The molecule has 0 fully saturated rings. The minimum Gasteiger partial charge on any atom is 0 e. The van der Waals surface area contributed by atoms with E-state index in [1.165, 1.54) is 0 Å². The van der Waals surface area contributed by atoms with Crippen molar-refractivity contribution in [2.45, 2.75) is 0 Å². The van der Waals surface area contributed by atoms with E-state index in [1.54, 1.807) is 0 Å². The van der Waals surface area contributed by atoms with Crippen LogP contribution in [0.3, 0.4) is 0 Å². The Morgan fingerprint density at radius 2 is 1.00 bits per heavy atom. The van der Waals surface area contributed by atoms with Crippen molar-refractivity contribution in [2.24, 2.45) is 0 Å². The smallest absolute Gasteiger partial charge is 0 e. The van der Waals surface area contributed by atoms with Gasteiger partial charge in [0.15, 0.2) is 0 Å². The van der Waals surface area contributed by atoms with Crippen molar-refractivity contribution in [1.29, 1.82) is 0 Å². The van der Waals surface area contributed by atoms with Gasteiger partial charge in [0, 0.05) is 36.5 Å². The Kier molecular flexibility index (Phi) is 121. The molecule has 0 aliphatic heterocycles. The Morgan fingerprint density at radius 3 is 1.00 bits per heavy atom. The first kappa shape index (κ1) is 28.7. The third kappa shape index (κ3) is 8.86. The molecule has 4 heteroatoms. The summed E-state index contributed by atoms with van der Waals surface area (Å²) in [7, 11) is 0. The zero-order valence-electron chi connectivity index (χ0n) is 2.42. The summed E-state index contributed by atoms with van der Waals surface area (Å²) in [5.74, 6) is 0. The molecule has 0 aliphatic rings. The Hall–Kier alpha value is 2.88. The van der Waals surface area contributed by atoms with Gasteiger partial charge in [-0.25, -0.2) is 0 Å². The fourth-order valence-electron chi connectivity index (χ4n) is 0. The maximum Gasteiger partial charge on any atom is 0 e.